The van der Waals surface area contributed by atoms with E-state index in [0.29, 0.717) is 29.5 Å². The number of benzene rings is 2. The highest BCUT2D eigenvalue weighted by Gasteiger charge is 2.46. The number of Topliss-reactive ketones (excluding diaryl/α,β-unsaturated/α-hetero) is 1. The summed E-state index contributed by atoms with van der Waals surface area (Å²) in [6.45, 7) is 6.81. The Hall–Kier alpha value is -2.79. The first-order valence-electron chi connectivity index (χ1n) is 9.60. The van der Waals surface area contributed by atoms with Crippen LogP contribution in [0.1, 0.15) is 37.9 Å². The summed E-state index contributed by atoms with van der Waals surface area (Å²) in [4.78, 5) is 27.2. The van der Waals surface area contributed by atoms with Gasteiger partial charge in [-0.15, -0.1) is 0 Å². The summed E-state index contributed by atoms with van der Waals surface area (Å²) in [7, 11) is 0. The Morgan fingerprint density at radius 2 is 1.72 bits per heavy atom. The Bertz CT molecular complexity index is 932. The number of ether oxygens (including phenoxy) is 1. The molecular formula is C23H24ClNO4. The van der Waals surface area contributed by atoms with Crippen LogP contribution in [0.5, 0.6) is 5.75 Å². The third kappa shape index (κ3) is 4.30. The molecule has 1 unspecified atom stereocenters. The van der Waals surface area contributed by atoms with Gasteiger partial charge in [-0.25, -0.2) is 0 Å². The standard InChI is InChI=1S/C23H24ClNO4/c1-4-29-18-11-7-15(8-12-18)20-19(21(26)16-5-9-17(24)10-6-16)22(27)23(28)25(20)13-14(2)3/h5-12,14,20,26H,4,13H2,1-3H3/b21-19+. The van der Waals surface area contributed by atoms with Crippen molar-refractivity contribution in [1.82, 2.24) is 4.90 Å². The molecule has 3 rings (SSSR count). The van der Waals surface area contributed by atoms with Gasteiger partial charge in [0.1, 0.15) is 11.5 Å². The lowest BCUT2D eigenvalue weighted by Gasteiger charge is -2.27. The normalized spacial score (nSPS) is 18.5. The molecule has 29 heavy (non-hydrogen) atoms. The Kier molecular flexibility index (Phi) is 6.28. The number of amides is 1. The molecule has 0 spiro atoms. The van der Waals surface area contributed by atoms with Crippen LogP contribution in [0.3, 0.4) is 0 Å². The van der Waals surface area contributed by atoms with E-state index in [1.165, 1.54) is 4.90 Å². The number of likely N-dealkylation sites (tertiary alicyclic amines) is 1. The topological polar surface area (TPSA) is 66.8 Å². The van der Waals surface area contributed by atoms with Crippen molar-refractivity contribution in [2.24, 2.45) is 5.92 Å². The van der Waals surface area contributed by atoms with Gasteiger partial charge in [-0.05, 0) is 54.8 Å². The van der Waals surface area contributed by atoms with E-state index in [1.807, 2.05) is 32.9 Å². The monoisotopic (exact) mass is 413 g/mol. The fraction of sp³-hybridized carbons (Fsp3) is 0.304. The molecule has 0 bridgehead atoms. The Morgan fingerprint density at radius 3 is 2.28 bits per heavy atom. The van der Waals surface area contributed by atoms with Gasteiger partial charge >= 0.3 is 0 Å². The van der Waals surface area contributed by atoms with Crippen molar-refractivity contribution < 1.29 is 19.4 Å². The summed E-state index contributed by atoms with van der Waals surface area (Å²) in [6, 6.07) is 13.1. The molecular weight excluding hydrogens is 390 g/mol. The number of nitrogens with zero attached hydrogens (tertiary/aromatic N) is 1. The highest BCUT2D eigenvalue weighted by Crippen LogP contribution is 2.40. The number of carbonyl (C=O) groups is 2. The van der Waals surface area contributed by atoms with Gasteiger partial charge in [0.05, 0.1) is 18.2 Å². The number of halogens is 1. The summed E-state index contributed by atoms with van der Waals surface area (Å²) < 4.78 is 5.49. The maximum atomic E-state index is 12.9. The molecule has 0 radical (unpaired) electrons. The van der Waals surface area contributed by atoms with Crippen LogP contribution in [0.2, 0.25) is 5.02 Å². The zero-order valence-corrected chi connectivity index (χ0v) is 17.4. The lowest BCUT2D eigenvalue weighted by atomic mass is 9.95. The van der Waals surface area contributed by atoms with Crippen LogP contribution in [-0.2, 0) is 9.59 Å². The molecule has 1 amide bonds. The Morgan fingerprint density at radius 1 is 1.10 bits per heavy atom. The van der Waals surface area contributed by atoms with E-state index in [-0.39, 0.29) is 17.3 Å². The van der Waals surface area contributed by atoms with Crippen molar-refractivity contribution >= 4 is 29.1 Å². The number of hydrogen-bond acceptors (Lipinski definition) is 4. The maximum absolute atomic E-state index is 12.9. The van der Waals surface area contributed by atoms with Gasteiger partial charge in [0.25, 0.3) is 11.7 Å². The van der Waals surface area contributed by atoms with Gasteiger partial charge in [0, 0.05) is 17.1 Å². The smallest absolute Gasteiger partial charge is 0.295 e. The number of aliphatic hydroxyl groups excluding tert-OH is 1. The minimum atomic E-state index is -0.683. The SMILES string of the molecule is CCOc1ccc(C2/C(=C(\O)c3ccc(Cl)cc3)C(=O)C(=O)N2CC(C)C)cc1. The predicted molar refractivity (Wildman–Crippen MR) is 113 cm³/mol. The lowest BCUT2D eigenvalue weighted by molar-refractivity contribution is -0.140. The molecule has 2 aromatic rings. The van der Waals surface area contributed by atoms with E-state index in [4.69, 9.17) is 16.3 Å². The van der Waals surface area contributed by atoms with Crippen LogP contribution in [0.15, 0.2) is 54.1 Å². The van der Waals surface area contributed by atoms with Gasteiger partial charge in [-0.3, -0.25) is 9.59 Å². The molecule has 0 aromatic heterocycles. The minimum Gasteiger partial charge on any atom is -0.507 e. The molecule has 0 aliphatic carbocycles. The van der Waals surface area contributed by atoms with Crippen molar-refractivity contribution in [1.29, 1.82) is 0 Å². The Labute approximate surface area is 175 Å². The van der Waals surface area contributed by atoms with Crippen molar-refractivity contribution in [2.75, 3.05) is 13.2 Å². The lowest BCUT2D eigenvalue weighted by Crippen LogP contribution is -2.33. The molecule has 1 saturated heterocycles. The Balaban J connectivity index is 2.13. The zero-order chi connectivity index (χ0) is 21.1. The van der Waals surface area contributed by atoms with E-state index in [0.717, 1.165) is 5.56 Å². The van der Waals surface area contributed by atoms with Crippen LogP contribution < -0.4 is 4.74 Å². The van der Waals surface area contributed by atoms with Crippen molar-refractivity contribution in [3.8, 4) is 5.75 Å². The fourth-order valence-electron chi connectivity index (χ4n) is 3.48. The quantitative estimate of drug-likeness (QED) is 0.419. The molecule has 1 aliphatic rings. The molecule has 1 aliphatic heterocycles. The number of rotatable bonds is 6. The molecule has 1 N–H and O–H groups in total. The number of aliphatic hydroxyl groups is 1. The molecule has 1 heterocycles. The maximum Gasteiger partial charge on any atom is 0.295 e. The minimum absolute atomic E-state index is 0.0853. The molecule has 5 nitrogen and oxygen atoms in total. The molecule has 1 fully saturated rings. The first kappa shape index (κ1) is 20.9. The second-order valence-electron chi connectivity index (χ2n) is 7.35. The van der Waals surface area contributed by atoms with Gasteiger partial charge in [-0.1, -0.05) is 37.6 Å². The molecule has 0 saturated carbocycles. The van der Waals surface area contributed by atoms with Crippen LogP contribution in [0, 0.1) is 5.92 Å². The van der Waals surface area contributed by atoms with Crippen molar-refractivity contribution in [3.63, 3.8) is 0 Å². The summed E-state index contributed by atoms with van der Waals surface area (Å²) >= 11 is 5.93. The first-order valence-corrected chi connectivity index (χ1v) is 9.98. The van der Waals surface area contributed by atoms with Gasteiger partial charge < -0.3 is 14.7 Å². The van der Waals surface area contributed by atoms with Gasteiger partial charge in [0.2, 0.25) is 0 Å². The third-order valence-electron chi connectivity index (χ3n) is 4.73. The first-order chi connectivity index (χ1) is 13.8. The van der Waals surface area contributed by atoms with Crippen LogP contribution in [-0.4, -0.2) is 34.8 Å². The fourth-order valence-corrected chi connectivity index (χ4v) is 3.61. The molecule has 6 heteroatoms. The summed E-state index contributed by atoms with van der Waals surface area (Å²) in [5.41, 5.74) is 1.26. The predicted octanol–water partition coefficient (Wildman–Crippen LogP) is 4.82. The average Bonchev–Trinajstić information content (AvgIpc) is 2.93. The number of hydrogen-bond donors (Lipinski definition) is 1. The van der Waals surface area contributed by atoms with Gasteiger partial charge in [-0.2, -0.15) is 0 Å². The molecule has 1 atom stereocenters. The van der Waals surface area contributed by atoms with Crippen LogP contribution in [0.4, 0.5) is 0 Å². The summed E-state index contributed by atoms with van der Waals surface area (Å²) in [5.74, 6) is -0.626. The molecule has 2 aromatic carbocycles. The van der Waals surface area contributed by atoms with Gasteiger partial charge in [0.15, 0.2) is 0 Å². The van der Waals surface area contributed by atoms with E-state index in [2.05, 4.69) is 0 Å². The van der Waals surface area contributed by atoms with E-state index < -0.39 is 17.7 Å². The summed E-state index contributed by atoms with van der Waals surface area (Å²) in [6.07, 6.45) is 0. The van der Waals surface area contributed by atoms with Crippen molar-refractivity contribution in [2.45, 2.75) is 26.8 Å². The second kappa shape index (κ2) is 8.70. The molecule has 152 valence electrons. The highest BCUT2D eigenvalue weighted by molar-refractivity contribution is 6.46. The van der Waals surface area contributed by atoms with E-state index >= 15 is 0 Å². The van der Waals surface area contributed by atoms with E-state index in [9.17, 15) is 14.7 Å². The second-order valence-corrected chi connectivity index (χ2v) is 7.79. The largest absolute Gasteiger partial charge is 0.507 e. The number of ketones is 1. The zero-order valence-electron chi connectivity index (χ0n) is 16.7. The third-order valence-corrected chi connectivity index (χ3v) is 4.98. The average molecular weight is 414 g/mol. The van der Waals surface area contributed by atoms with Crippen molar-refractivity contribution in [3.05, 3.63) is 70.3 Å². The van der Waals surface area contributed by atoms with E-state index in [1.54, 1.807) is 36.4 Å². The van der Waals surface area contributed by atoms with Crippen LogP contribution in [0.25, 0.3) is 5.76 Å². The highest BCUT2D eigenvalue weighted by atomic mass is 35.5. The number of carbonyl (C=O) groups excluding carboxylic acids is 2. The van der Waals surface area contributed by atoms with Crippen LogP contribution >= 0.6 is 11.6 Å². The summed E-state index contributed by atoms with van der Waals surface area (Å²) in [5, 5.41) is 11.5.